The number of aliphatic carboxylic acids is 2. The van der Waals surface area contributed by atoms with Crippen molar-refractivity contribution in [3.63, 3.8) is 0 Å². The highest BCUT2D eigenvalue weighted by molar-refractivity contribution is 5.91. The number of allylic oxidation sites excluding steroid dienone is 2. The lowest BCUT2D eigenvalue weighted by Gasteiger charge is -2.42. The summed E-state index contributed by atoms with van der Waals surface area (Å²) in [7, 11) is 0. The lowest BCUT2D eigenvalue weighted by atomic mass is 9.60. The third-order valence-electron chi connectivity index (χ3n) is 3.20. The molecule has 0 radical (unpaired) electrons. The van der Waals surface area contributed by atoms with E-state index in [1.807, 2.05) is 20.8 Å². The lowest BCUT2D eigenvalue weighted by molar-refractivity contribution is -0.150. The molecule has 2 atom stereocenters. The van der Waals surface area contributed by atoms with Gasteiger partial charge in [0.15, 0.2) is 0 Å². The molecule has 17 heavy (non-hydrogen) atoms. The minimum atomic E-state index is -1.18. The highest BCUT2D eigenvalue weighted by atomic mass is 16.4. The molecule has 0 aromatic heterocycles. The first-order valence-corrected chi connectivity index (χ1v) is 5.47. The maximum absolute atomic E-state index is 11.4. The molecular formula is C13H18O4. The molecule has 0 spiro atoms. The smallest absolute Gasteiger partial charge is 0.331 e. The molecule has 2 N–H and O–H groups in total. The zero-order valence-electron chi connectivity index (χ0n) is 10.5. The standard InChI is InChI=1S/C13H18O4/c1-12(2,3)9-8(10(14)15)6-5-7-13(9,4)11(16)17/h5-7,9H,1-4H3,(H,14,15)(H,16,17). The van der Waals surface area contributed by atoms with E-state index in [2.05, 4.69) is 0 Å². The molecule has 0 aromatic rings. The van der Waals surface area contributed by atoms with Crippen LogP contribution in [0.5, 0.6) is 0 Å². The van der Waals surface area contributed by atoms with Gasteiger partial charge in [-0.2, -0.15) is 0 Å². The van der Waals surface area contributed by atoms with Gasteiger partial charge in [0.2, 0.25) is 0 Å². The Hall–Kier alpha value is -1.58. The molecule has 0 heterocycles. The number of hydrogen-bond acceptors (Lipinski definition) is 2. The zero-order valence-corrected chi connectivity index (χ0v) is 10.5. The molecule has 1 aliphatic rings. The van der Waals surface area contributed by atoms with Crippen molar-refractivity contribution in [1.82, 2.24) is 0 Å². The lowest BCUT2D eigenvalue weighted by Crippen LogP contribution is -2.44. The molecule has 0 fully saturated rings. The summed E-state index contributed by atoms with van der Waals surface area (Å²) in [5.74, 6) is -2.61. The van der Waals surface area contributed by atoms with Gasteiger partial charge < -0.3 is 10.2 Å². The van der Waals surface area contributed by atoms with E-state index < -0.39 is 28.7 Å². The van der Waals surface area contributed by atoms with Crippen LogP contribution >= 0.6 is 0 Å². The maximum atomic E-state index is 11.4. The van der Waals surface area contributed by atoms with E-state index in [9.17, 15) is 19.8 Å². The normalized spacial score (nSPS) is 28.7. The third kappa shape index (κ3) is 2.25. The summed E-state index contributed by atoms with van der Waals surface area (Å²) in [5, 5.41) is 18.6. The van der Waals surface area contributed by atoms with Crippen molar-refractivity contribution < 1.29 is 19.8 Å². The van der Waals surface area contributed by atoms with Crippen LogP contribution in [0, 0.1) is 16.7 Å². The maximum Gasteiger partial charge on any atom is 0.331 e. The molecule has 0 saturated heterocycles. The fourth-order valence-corrected chi connectivity index (χ4v) is 2.62. The van der Waals surface area contributed by atoms with Crippen molar-refractivity contribution in [1.29, 1.82) is 0 Å². The van der Waals surface area contributed by atoms with Crippen LogP contribution in [-0.2, 0) is 9.59 Å². The minimum Gasteiger partial charge on any atom is -0.481 e. The van der Waals surface area contributed by atoms with Gasteiger partial charge in [-0.25, -0.2) is 4.79 Å². The number of carboxylic acids is 2. The Morgan fingerprint density at radius 3 is 2.18 bits per heavy atom. The Morgan fingerprint density at radius 2 is 1.82 bits per heavy atom. The van der Waals surface area contributed by atoms with Crippen LogP contribution < -0.4 is 0 Å². The summed E-state index contributed by atoms with van der Waals surface area (Å²) in [6.45, 7) is 7.14. The van der Waals surface area contributed by atoms with Crippen LogP contribution in [0.4, 0.5) is 0 Å². The van der Waals surface area contributed by atoms with E-state index in [1.165, 1.54) is 12.2 Å². The topological polar surface area (TPSA) is 74.6 Å². The molecule has 4 heteroatoms. The van der Waals surface area contributed by atoms with Crippen LogP contribution in [0.1, 0.15) is 27.7 Å². The van der Waals surface area contributed by atoms with E-state index in [-0.39, 0.29) is 5.57 Å². The SMILES string of the molecule is CC(C)(C)C1C(C(=O)O)=CC=CC1(C)C(=O)O. The van der Waals surface area contributed by atoms with Crippen LogP contribution in [0.15, 0.2) is 23.8 Å². The average Bonchev–Trinajstić information content (AvgIpc) is 2.14. The van der Waals surface area contributed by atoms with Crippen molar-refractivity contribution in [2.24, 2.45) is 16.7 Å². The first-order chi connectivity index (χ1) is 7.60. The molecule has 0 aliphatic heterocycles. The molecular weight excluding hydrogens is 220 g/mol. The Labute approximate surface area is 101 Å². The van der Waals surface area contributed by atoms with Crippen molar-refractivity contribution in [3.8, 4) is 0 Å². The summed E-state index contributed by atoms with van der Waals surface area (Å²) in [4.78, 5) is 22.7. The largest absolute Gasteiger partial charge is 0.481 e. The van der Waals surface area contributed by atoms with Crippen molar-refractivity contribution in [2.45, 2.75) is 27.7 Å². The van der Waals surface area contributed by atoms with Gasteiger partial charge in [0.1, 0.15) is 0 Å². The highest BCUT2D eigenvalue weighted by Gasteiger charge is 2.49. The number of carboxylic acid groups (broad SMARTS) is 2. The van der Waals surface area contributed by atoms with Gasteiger partial charge in [-0.15, -0.1) is 0 Å². The summed E-state index contributed by atoms with van der Waals surface area (Å²) in [6, 6.07) is 0. The van der Waals surface area contributed by atoms with E-state index in [4.69, 9.17) is 0 Å². The number of hydrogen-bond donors (Lipinski definition) is 2. The minimum absolute atomic E-state index is 0.157. The van der Waals surface area contributed by atoms with Crippen LogP contribution in [-0.4, -0.2) is 22.2 Å². The Bertz CT molecular complexity index is 412. The fraction of sp³-hybridized carbons (Fsp3) is 0.538. The molecule has 4 nitrogen and oxygen atoms in total. The van der Waals surface area contributed by atoms with E-state index >= 15 is 0 Å². The Balaban J connectivity index is 3.39. The number of carbonyl (C=O) groups is 2. The monoisotopic (exact) mass is 238 g/mol. The first kappa shape index (κ1) is 13.5. The van der Waals surface area contributed by atoms with Crippen molar-refractivity contribution in [3.05, 3.63) is 23.8 Å². The molecule has 0 bridgehead atoms. The molecule has 0 aromatic carbocycles. The highest BCUT2D eigenvalue weighted by Crippen LogP contribution is 2.48. The Kier molecular flexibility index (Phi) is 3.19. The van der Waals surface area contributed by atoms with E-state index in [1.54, 1.807) is 13.0 Å². The summed E-state index contributed by atoms with van der Waals surface area (Å²) < 4.78 is 0. The molecule has 2 unspecified atom stereocenters. The van der Waals surface area contributed by atoms with Crippen molar-refractivity contribution >= 4 is 11.9 Å². The quantitative estimate of drug-likeness (QED) is 0.774. The first-order valence-electron chi connectivity index (χ1n) is 5.47. The second kappa shape index (κ2) is 4.02. The van der Waals surface area contributed by atoms with Gasteiger partial charge >= 0.3 is 11.9 Å². The summed E-state index contributed by atoms with van der Waals surface area (Å²) in [6.07, 6.45) is 4.57. The van der Waals surface area contributed by atoms with Gasteiger partial charge in [0.25, 0.3) is 0 Å². The molecule has 1 aliphatic carbocycles. The average molecular weight is 238 g/mol. The predicted molar refractivity (Wildman–Crippen MR) is 63.5 cm³/mol. The predicted octanol–water partition coefficient (Wildman–Crippen LogP) is 2.32. The fourth-order valence-electron chi connectivity index (χ4n) is 2.62. The molecule has 94 valence electrons. The van der Waals surface area contributed by atoms with Gasteiger partial charge in [0.05, 0.1) is 5.41 Å². The Morgan fingerprint density at radius 1 is 1.29 bits per heavy atom. The molecule has 1 rings (SSSR count). The van der Waals surface area contributed by atoms with Gasteiger partial charge in [-0.3, -0.25) is 4.79 Å². The molecule has 0 amide bonds. The van der Waals surface area contributed by atoms with E-state index in [0.29, 0.717) is 0 Å². The van der Waals surface area contributed by atoms with Crippen molar-refractivity contribution in [2.75, 3.05) is 0 Å². The second-order valence-corrected chi connectivity index (χ2v) is 5.67. The summed E-state index contributed by atoms with van der Waals surface area (Å²) >= 11 is 0. The van der Waals surface area contributed by atoms with Crippen LogP contribution in [0.25, 0.3) is 0 Å². The van der Waals surface area contributed by atoms with Gasteiger partial charge in [-0.1, -0.05) is 39.0 Å². The summed E-state index contributed by atoms with van der Waals surface area (Å²) in [5.41, 5.74) is -1.46. The van der Waals surface area contributed by atoms with Crippen LogP contribution in [0.3, 0.4) is 0 Å². The van der Waals surface area contributed by atoms with Gasteiger partial charge in [-0.05, 0) is 12.3 Å². The third-order valence-corrected chi connectivity index (χ3v) is 3.20. The van der Waals surface area contributed by atoms with Gasteiger partial charge in [0, 0.05) is 11.5 Å². The van der Waals surface area contributed by atoms with E-state index in [0.717, 1.165) is 0 Å². The second-order valence-electron chi connectivity index (χ2n) is 5.67. The van der Waals surface area contributed by atoms with Crippen LogP contribution in [0.2, 0.25) is 0 Å². The zero-order chi connectivity index (χ0) is 13.4. The number of rotatable bonds is 2. The molecule has 0 saturated carbocycles.